The number of nitrogens with one attached hydrogen (secondary N) is 1. The number of halogens is 2. The van der Waals surface area contributed by atoms with Crippen molar-refractivity contribution in [1.29, 1.82) is 0 Å². The summed E-state index contributed by atoms with van der Waals surface area (Å²) in [7, 11) is 0. The quantitative estimate of drug-likeness (QED) is 0.486. The zero-order chi connectivity index (χ0) is 17.9. The number of esters is 1. The molecule has 24 heavy (non-hydrogen) atoms. The van der Waals surface area contributed by atoms with Crippen LogP contribution in [-0.4, -0.2) is 22.9 Å². The lowest BCUT2D eigenvalue weighted by Gasteiger charge is -2.13. The van der Waals surface area contributed by atoms with Gasteiger partial charge >= 0.3 is 11.9 Å². The van der Waals surface area contributed by atoms with E-state index in [0.717, 1.165) is 12.1 Å². The summed E-state index contributed by atoms with van der Waals surface area (Å²) in [5.74, 6) is -2.64. The molecule has 126 valence electrons. The van der Waals surface area contributed by atoms with Gasteiger partial charge in [-0.15, -0.1) is 0 Å². The van der Waals surface area contributed by atoms with E-state index < -0.39 is 28.8 Å². The van der Waals surface area contributed by atoms with Crippen LogP contribution in [0.2, 0.25) is 10.0 Å². The van der Waals surface area contributed by atoms with Gasteiger partial charge in [-0.1, -0.05) is 23.2 Å². The van der Waals surface area contributed by atoms with Crippen molar-refractivity contribution in [3.63, 3.8) is 0 Å². The fourth-order valence-corrected chi connectivity index (χ4v) is 2.09. The van der Waals surface area contributed by atoms with Crippen LogP contribution < -0.4 is 5.32 Å². The standard InChI is InChI=1S/C14H10Cl2N2O6/c1-7(13(19)17-10-3-2-8(15)6-9(10)16)23-14(20)11-4-5-12(24-11)18(21)22/h2-7H,1H3,(H,17,19)/t7-/m0/s1. The van der Waals surface area contributed by atoms with Gasteiger partial charge in [-0.2, -0.15) is 0 Å². The monoisotopic (exact) mass is 372 g/mol. The van der Waals surface area contributed by atoms with Crippen molar-refractivity contribution in [2.45, 2.75) is 13.0 Å². The Morgan fingerprint density at radius 2 is 2.00 bits per heavy atom. The van der Waals surface area contributed by atoms with Crippen molar-refractivity contribution >= 4 is 46.6 Å². The average Bonchev–Trinajstić information content (AvgIpc) is 3.00. The summed E-state index contributed by atoms with van der Waals surface area (Å²) >= 11 is 11.7. The first-order valence-corrected chi connectivity index (χ1v) is 7.24. The highest BCUT2D eigenvalue weighted by Crippen LogP contribution is 2.25. The van der Waals surface area contributed by atoms with E-state index in [2.05, 4.69) is 5.32 Å². The van der Waals surface area contributed by atoms with Crippen molar-refractivity contribution < 1.29 is 23.7 Å². The largest absolute Gasteiger partial charge is 0.447 e. The molecule has 1 atom stereocenters. The molecule has 2 rings (SSSR count). The van der Waals surface area contributed by atoms with E-state index in [9.17, 15) is 19.7 Å². The molecular weight excluding hydrogens is 363 g/mol. The lowest BCUT2D eigenvalue weighted by molar-refractivity contribution is -0.402. The third kappa shape index (κ3) is 4.24. The maximum Gasteiger partial charge on any atom is 0.433 e. The van der Waals surface area contributed by atoms with Crippen LogP contribution in [0.4, 0.5) is 11.6 Å². The van der Waals surface area contributed by atoms with Crippen molar-refractivity contribution in [1.82, 2.24) is 0 Å². The van der Waals surface area contributed by atoms with Crippen LogP contribution in [0.25, 0.3) is 0 Å². The molecule has 1 N–H and O–H groups in total. The van der Waals surface area contributed by atoms with Gasteiger partial charge in [0.1, 0.15) is 4.92 Å². The second-order valence-electron chi connectivity index (χ2n) is 4.56. The first-order valence-electron chi connectivity index (χ1n) is 6.49. The van der Waals surface area contributed by atoms with Gasteiger partial charge in [-0.3, -0.25) is 14.9 Å². The number of hydrogen-bond donors (Lipinski definition) is 1. The Kier molecular flexibility index (Phi) is 5.42. The van der Waals surface area contributed by atoms with E-state index in [1.165, 1.54) is 25.1 Å². The van der Waals surface area contributed by atoms with Crippen LogP contribution in [-0.2, 0) is 9.53 Å². The molecule has 0 aliphatic rings. The summed E-state index contributed by atoms with van der Waals surface area (Å²) in [5.41, 5.74) is 0.294. The van der Waals surface area contributed by atoms with Crippen LogP contribution in [0, 0.1) is 10.1 Å². The number of rotatable bonds is 5. The Balaban J connectivity index is 2.00. The normalized spacial score (nSPS) is 11.6. The molecule has 8 nitrogen and oxygen atoms in total. The lowest BCUT2D eigenvalue weighted by atomic mass is 10.3. The van der Waals surface area contributed by atoms with Crippen LogP contribution in [0.1, 0.15) is 17.5 Å². The van der Waals surface area contributed by atoms with E-state index in [0.29, 0.717) is 10.7 Å². The number of carbonyl (C=O) groups excluding carboxylic acids is 2. The van der Waals surface area contributed by atoms with Crippen LogP contribution in [0.15, 0.2) is 34.7 Å². The maximum absolute atomic E-state index is 12.0. The minimum Gasteiger partial charge on any atom is -0.447 e. The molecule has 0 radical (unpaired) electrons. The summed E-state index contributed by atoms with van der Waals surface area (Å²) in [4.78, 5) is 33.5. The number of furan rings is 1. The van der Waals surface area contributed by atoms with Gasteiger partial charge in [0, 0.05) is 5.02 Å². The van der Waals surface area contributed by atoms with Crippen LogP contribution >= 0.6 is 23.2 Å². The van der Waals surface area contributed by atoms with Crippen LogP contribution in [0.3, 0.4) is 0 Å². The van der Waals surface area contributed by atoms with Gasteiger partial charge in [-0.05, 0) is 31.2 Å². The molecule has 1 heterocycles. The molecule has 0 fully saturated rings. The molecule has 0 bridgehead atoms. The van der Waals surface area contributed by atoms with Crippen molar-refractivity contribution in [2.75, 3.05) is 5.32 Å². The van der Waals surface area contributed by atoms with E-state index in [4.69, 9.17) is 32.4 Å². The molecule has 0 saturated carbocycles. The highest BCUT2D eigenvalue weighted by molar-refractivity contribution is 6.36. The molecule has 2 aromatic rings. The number of benzene rings is 1. The summed E-state index contributed by atoms with van der Waals surface area (Å²) in [6, 6.07) is 6.56. The topological polar surface area (TPSA) is 112 Å². The van der Waals surface area contributed by atoms with Gasteiger partial charge in [0.25, 0.3) is 5.91 Å². The first kappa shape index (κ1) is 17.8. The van der Waals surface area contributed by atoms with Crippen molar-refractivity contribution in [3.8, 4) is 0 Å². The molecule has 0 aliphatic carbocycles. The van der Waals surface area contributed by atoms with Crippen molar-refractivity contribution in [3.05, 3.63) is 56.3 Å². The SMILES string of the molecule is C[C@H](OC(=O)c1ccc([N+](=O)[O-])o1)C(=O)Nc1ccc(Cl)cc1Cl. The van der Waals surface area contributed by atoms with Gasteiger partial charge in [-0.25, -0.2) is 4.79 Å². The zero-order valence-corrected chi connectivity index (χ0v) is 13.6. The Morgan fingerprint density at radius 3 is 2.58 bits per heavy atom. The van der Waals surface area contributed by atoms with E-state index >= 15 is 0 Å². The molecule has 0 aliphatic heterocycles. The highest BCUT2D eigenvalue weighted by Gasteiger charge is 2.23. The van der Waals surface area contributed by atoms with Gasteiger partial charge in [0.05, 0.1) is 16.8 Å². The number of nitrogens with zero attached hydrogens (tertiary/aromatic N) is 1. The van der Waals surface area contributed by atoms with E-state index in [-0.39, 0.29) is 10.8 Å². The molecule has 1 amide bonds. The number of hydrogen-bond acceptors (Lipinski definition) is 6. The van der Waals surface area contributed by atoms with Gasteiger partial charge in [0.15, 0.2) is 6.10 Å². The van der Waals surface area contributed by atoms with Crippen molar-refractivity contribution in [2.24, 2.45) is 0 Å². The Hall–Kier alpha value is -2.58. The number of amides is 1. The van der Waals surface area contributed by atoms with Gasteiger partial charge in [0.2, 0.25) is 5.76 Å². The highest BCUT2D eigenvalue weighted by atomic mass is 35.5. The second kappa shape index (κ2) is 7.33. The lowest BCUT2D eigenvalue weighted by Crippen LogP contribution is -2.30. The minimum atomic E-state index is -1.19. The third-order valence-electron chi connectivity index (χ3n) is 2.81. The number of ether oxygens (including phenoxy) is 1. The Bertz CT molecular complexity index is 804. The molecule has 0 unspecified atom stereocenters. The number of carbonyl (C=O) groups is 2. The average molecular weight is 373 g/mol. The molecule has 0 spiro atoms. The molecular formula is C14H10Cl2N2O6. The summed E-state index contributed by atoms with van der Waals surface area (Å²) in [6.45, 7) is 1.33. The van der Waals surface area contributed by atoms with Crippen LogP contribution in [0.5, 0.6) is 0 Å². The summed E-state index contributed by atoms with van der Waals surface area (Å²) in [5, 5.41) is 13.6. The predicted molar refractivity (Wildman–Crippen MR) is 85.3 cm³/mol. The van der Waals surface area contributed by atoms with Gasteiger partial charge < -0.3 is 14.5 Å². The fraction of sp³-hybridized carbons (Fsp3) is 0.143. The summed E-state index contributed by atoms with van der Waals surface area (Å²) in [6.07, 6.45) is -1.19. The maximum atomic E-state index is 12.0. The fourth-order valence-electron chi connectivity index (χ4n) is 1.63. The van der Waals surface area contributed by atoms with E-state index in [1.54, 1.807) is 0 Å². The molecule has 1 aromatic heterocycles. The number of nitro groups is 1. The molecule has 10 heteroatoms. The Labute approximate surface area is 145 Å². The number of anilines is 1. The Morgan fingerprint density at radius 1 is 1.29 bits per heavy atom. The van der Waals surface area contributed by atoms with E-state index in [1.807, 2.05) is 0 Å². The second-order valence-corrected chi connectivity index (χ2v) is 5.40. The zero-order valence-electron chi connectivity index (χ0n) is 12.1. The first-order chi connectivity index (χ1) is 11.3. The minimum absolute atomic E-state index is 0.219. The molecule has 0 saturated heterocycles. The molecule has 1 aromatic carbocycles. The summed E-state index contributed by atoms with van der Waals surface area (Å²) < 4.78 is 9.59. The predicted octanol–water partition coefficient (Wildman–Crippen LogP) is 3.68. The third-order valence-corrected chi connectivity index (χ3v) is 3.36. The smallest absolute Gasteiger partial charge is 0.433 e.